The number of carbonyl (C=O) groups excluding carboxylic acids is 2. The molecule has 4 heterocycles. The molecule has 2 amide bonds. The van der Waals surface area contributed by atoms with Crippen molar-refractivity contribution < 1.29 is 114 Å². The summed E-state index contributed by atoms with van der Waals surface area (Å²) in [6.07, 6.45) is 2.29. The third-order valence-electron chi connectivity index (χ3n) is 17.6. The Hall–Kier alpha value is -2.16. The summed E-state index contributed by atoms with van der Waals surface area (Å²) in [5, 5.41) is 148. The van der Waals surface area contributed by atoms with Crippen LogP contribution in [-0.2, 0) is 47.5 Å². The number of unbranched alkanes of at least 4 members (excludes halogenated alkanes) is 27. The van der Waals surface area contributed by atoms with Gasteiger partial charge >= 0.3 is 0 Å². The first-order valence-corrected chi connectivity index (χ1v) is 33.9. The van der Waals surface area contributed by atoms with Gasteiger partial charge in [0.2, 0.25) is 11.8 Å². The van der Waals surface area contributed by atoms with E-state index in [1.807, 2.05) is 6.08 Å². The van der Waals surface area contributed by atoms with Crippen LogP contribution in [0, 0.1) is 0 Å². The molecule has 25 heteroatoms. The van der Waals surface area contributed by atoms with Gasteiger partial charge < -0.3 is 115 Å². The van der Waals surface area contributed by atoms with E-state index >= 15 is 0 Å². The second kappa shape index (κ2) is 45.3. The molecule has 0 aliphatic carbocycles. The van der Waals surface area contributed by atoms with Crippen molar-refractivity contribution in [3.63, 3.8) is 0 Å². The van der Waals surface area contributed by atoms with Gasteiger partial charge in [0, 0.05) is 13.3 Å². The van der Waals surface area contributed by atoms with Crippen LogP contribution >= 0.6 is 0 Å². The van der Waals surface area contributed by atoms with Crippen LogP contribution in [0.3, 0.4) is 0 Å². The topological polar surface area (TPSA) is 395 Å². The zero-order chi connectivity index (χ0) is 65.1. The van der Waals surface area contributed by atoms with Crippen LogP contribution in [0.5, 0.6) is 0 Å². The van der Waals surface area contributed by atoms with Crippen LogP contribution in [0.1, 0.15) is 213 Å². The summed E-state index contributed by atoms with van der Waals surface area (Å²) in [7, 11) is 0. The lowest BCUT2D eigenvalue weighted by Gasteiger charge is -2.49. The molecule has 0 spiro atoms. The number of hydrogen-bond donors (Lipinski definition) is 15. The lowest BCUT2D eigenvalue weighted by molar-refractivity contribution is -0.387. The summed E-state index contributed by atoms with van der Waals surface area (Å²) in [4.78, 5) is 25.5. The van der Waals surface area contributed by atoms with E-state index in [9.17, 15) is 76.0 Å². The van der Waals surface area contributed by atoms with E-state index < -0.39 is 174 Å². The van der Waals surface area contributed by atoms with Gasteiger partial charge in [-0.3, -0.25) is 9.59 Å². The highest BCUT2D eigenvalue weighted by atomic mass is 16.8. The van der Waals surface area contributed by atoms with Crippen molar-refractivity contribution >= 4 is 11.8 Å². The first-order chi connectivity index (χ1) is 43.0. The molecule has 4 aliphatic heterocycles. The number of carbonyl (C=O) groups is 2. The molecule has 0 aromatic heterocycles. The number of nitrogens with one attached hydrogen (secondary N) is 2. The van der Waals surface area contributed by atoms with Crippen molar-refractivity contribution in [1.29, 1.82) is 0 Å². The summed E-state index contributed by atoms with van der Waals surface area (Å²) < 4.78 is 46.5. The molecule has 0 aromatic carbocycles. The molecule has 4 saturated heterocycles. The Bertz CT molecular complexity index is 1860. The minimum absolute atomic E-state index is 0.212. The van der Waals surface area contributed by atoms with Crippen molar-refractivity contribution in [3.8, 4) is 0 Å². The Kier molecular flexibility index (Phi) is 40.3. The Morgan fingerprint density at radius 1 is 0.438 bits per heavy atom. The van der Waals surface area contributed by atoms with Crippen LogP contribution < -0.4 is 10.6 Å². The molecule has 4 aliphatic rings. The number of ether oxygens (including phenoxy) is 8. The molecule has 0 aromatic rings. The van der Waals surface area contributed by atoms with Crippen molar-refractivity contribution in [1.82, 2.24) is 10.6 Å². The molecule has 0 bridgehead atoms. The second-order valence-electron chi connectivity index (χ2n) is 25.0. The predicted molar refractivity (Wildman–Crippen MR) is 326 cm³/mol. The van der Waals surface area contributed by atoms with E-state index in [0.717, 1.165) is 51.9 Å². The molecule has 0 saturated carbocycles. The maximum atomic E-state index is 13.4. The summed E-state index contributed by atoms with van der Waals surface area (Å²) in [5.74, 6) is -1.01. The van der Waals surface area contributed by atoms with Gasteiger partial charge in [-0.2, -0.15) is 0 Å². The number of allylic oxidation sites excluding steroid dienone is 1. The quantitative estimate of drug-likeness (QED) is 0.0307. The fourth-order valence-electron chi connectivity index (χ4n) is 12.1. The fraction of sp³-hybridized carbons (Fsp3) is 0.938. The molecule has 89 heavy (non-hydrogen) atoms. The molecule has 4 rings (SSSR count). The van der Waals surface area contributed by atoms with E-state index in [2.05, 4.69) is 24.5 Å². The Balaban J connectivity index is 1.35. The van der Waals surface area contributed by atoms with Crippen molar-refractivity contribution in [2.45, 2.75) is 348 Å². The maximum Gasteiger partial charge on any atom is 0.220 e. The highest BCUT2D eigenvalue weighted by Gasteiger charge is 2.56. The molecule has 25 nitrogen and oxygen atoms in total. The molecule has 22 atom stereocenters. The van der Waals surface area contributed by atoms with Gasteiger partial charge in [0.1, 0.15) is 97.6 Å². The van der Waals surface area contributed by atoms with Crippen LogP contribution in [0.2, 0.25) is 0 Å². The number of rotatable bonds is 47. The van der Waals surface area contributed by atoms with E-state index in [0.29, 0.717) is 12.8 Å². The van der Waals surface area contributed by atoms with Gasteiger partial charge in [0.25, 0.3) is 0 Å². The van der Waals surface area contributed by atoms with Gasteiger partial charge in [-0.25, -0.2) is 0 Å². The third-order valence-corrected chi connectivity index (χ3v) is 17.6. The van der Waals surface area contributed by atoms with Crippen molar-refractivity contribution in [3.05, 3.63) is 12.2 Å². The molecule has 8 unspecified atom stereocenters. The minimum Gasteiger partial charge on any atom is -0.394 e. The number of aliphatic hydroxyl groups is 13. The van der Waals surface area contributed by atoms with E-state index in [-0.39, 0.29) is 12.3 Å². The molecule has 0 radical (unpaired) electrons. The summed E-state index contributed by atoms with van der Waals surface area (Å²) >= 11 is 0. The number of amides is 2. The molecular weight excluding hydrogens is 1160 g/mol. The zero-order valence-electron chi connectivity index (χ0n) is 53.5. The Morgan fingerprint density at radius 3 is 1.26 bits per heavy atom. The van der Waals surface area contributed by atoms with Crippen LogP contribution in [0.15, 0.2) is 12.2 Å². The summed E-state index contributed by atoms with van der Waals surface area (Å²) in [5.41, 5.74) is 0. The lowest BCUT2D eigenvalue weighted by atomic mass is 9.95. The van der Waals surface area contributed by atoms with Crippen molar-refractivity contribution in [2.75, 3.05) is 33.0 Å². The Labute approximate surface area is 528 Å². The van der Waals surface area contributed by atoms with Gasteiger partial charge in [-0.1, -0.05) is 193 Å². The predicted octanol–water partition coefficient (Wildman–Crippen LogP) is 2.56. The standard InChI is InChI=1S/C64H118N2O23/c1-4-6-8-10-12-14-16-18-19-20-21-23-25-27-29-31-33-35-48(73)66-42(43(72)34-32-30-28-26-24-22-17-15-13-11-9-7-5-2)40-82-62-55(79)54(78)58(47(39-70)86-62)87-63-57(81)60(52(76)46(38-69)84-63)89-64-56(80)59(51(75)45(37-68)85-64)88-61-49(65-41(3)71)53(77)50(74)44(36-67)83-61/h32,34,42-47,49-64,67-70,72,74-81H,4-31,33,35-40H2,1-3H3,(H,65,71)(H,66,73)/b34-32+/t42-,43+,44?,45?,46?,47?,49?,50-,51-,52-,53+,54+,55?,56?,57?,58+,59-,60-,61-,62+,63-,64+/m0/s1. The largest absolute Gasteiger partial charge is 0.394 e. The van der Waals surface area contributed by atoms with Gasteiger partial charge in [0.15, 0.2) is 25.2 Å². The minimum atomic E-state index is -2.11. The smallest absolute Gasteiger partial charge is 0.220 e. The molecular formula is C64H118N2O23. The maximum absolute atomic E-state index is 13.4. The third kappa shape index (κ3) is 27.2. The van der Waals surface area contributed by atoms with Gasteiger partial charge in [0.05, 0.1) is 45.2 Å². The lowest BCUT2D eigenvalue weighted by Crippen LogP contribution is -2.69. The normalized spacial score (nSPS) is 33.3. The molecule has 15 N–H and O–H groups in total. The second-order valence-corrected chi connectivity index (χ2v) is 25.0. The zero-order valence-corrected chi connectivity index (χ0v) is 53.5. The average Bonchev–Trinajstić information content (AvgIpc) is 1.11. The van der Waals surface area contributed by atoms with E-state index in [4.69, 9.17) is 37.9 Å². The first-order valence-electron chi connectivity index (χ1n) is 33.9. The monoisotopic (exact) mass is 1280 g/mol. The SMILES string of the molecule is CCCCCCCCCCCCC/C=C/[C@@H](O)[C@H](CO[C@@H]1OC(CO)[C@@H](O[C@@H]2OC(CO)[C@H](O)[C@H](O[C@H]3OC(CO)[C@H](O)[C@H](O[C@@H]4OC(CO)[C@H](O)[C@H](O)C4NC(C)=O)C3O)C2O)[C@H](O)C1O)NC(=O)CCCCCCCCCCCCCCCCCCC. The molecule has 4 fully saturated rings. The number of hydrogen-bond acceptors (Lipinski definition) is 23. The van der Waals surface area contributed by atoms with Crippen molar-refractivity contribution in [2.24, 2.45) is 0 Å². The summed E-state index contributed by atoms with van der Waals surface area (Å²) in [6.45, 7) is 1.59. The van der Waals surface area contributed by atoms with Crippen LogP contribution in [0.4, 0.5) is 0 Å². The summed E-state index contributed by atoms with van der Waals surface area (Å²) in [6, 6.07) is -2.55. The fourth-order valence-corrected chi connectivity index (χ4v) is 12.1. The highest BCUT2D eigenvalue weighted by Crippen LogP contribution is 2.35. The highest BCUT2D eigenvalue weighted by molar-refractivity contribution is 5.76. The van der Waals surface area contributed by atoms with E-state index in [1.165, 1.54) is 128 Å². The van der Waals surface area contributed by atoms with Gasteiger partial charge in [-0.05, 0) is 19.3 Å². The van der Waals surface area contributed by atoms with Gasteiger partial charge in [-0.15, -0.1) is 0 Å². The Morgan fingerprint density at radius 2 is 0.820 bits per heavy atom. The average molecular weight is 1280 g/mol. The first kappa shape index (κ1) is 79.3. The number of aliphatic hydroxyl groups excluding tert-OH is 13. The molecule has 522 valence electrons. The van der Waals surface area contributed by atoms with Crippen LogP contribution in [0.25, 0.3) is 0 Å². The van der Waals surface area contributed by atoms with E-state index in [1.54, 1.807) is 6.08 Å². The van der Waals surface area contributed by atoms with Crippen LogP contribution in [-0.4, -0.2) is 246 Å².